The fourth-order valence-corrected chi connectivity index (χ4v) is 3.16. The van der Waals surface area contributed by atoms with E-state index in [-0.39, 0.29) is 12.6 Å². The summed E-state index contributed by atoms with van der Waals surface area (Å²) in [6, 6.07) is 0. The summed E-state index contributed by atoms with van der Waals surface area (Å²) >= 11 is 6.52. The van der Waals surface area contributed by atoms with Gasteiger partial charge in [0.2, 0.25) is 0 Å². The molecule has 0 saturated heterocycles. The van der Waals surface area contributed by atoms with Crippen LogP contribution in [0.5, 0.6) is 0 Å². The van der Waals surface area contributed by atoms with Gasteiger partial charge in [0.15, 0.2) is 0 Å². The van der Waals surface area contributed by atoms with E-state index in [9.17, 15) is 4.79 Å². The molecule has 0 fully saturated rings. The van der Waals surface area contributed by atoms with Crippen molar-refractivity contribution in [2.75, 3.05) is 13.2 Å². The van der Waals surface area contributed by atoms with Crippen LogP contribution in [0.15, 0.2) is 34.0 Å². The molecule has 0 aromatic heterocycles. The molecule has 0 aromatic carbocycles. The van der Waals surface area contributed by atoms with Gasteiger partial charge in [0.05, 0.1) is 30.0 Å². The lowest BCUT2D eigenvalue weighted by Crippen LogP contribution is -2.43. The summed E-state index contributed by atoms with van der Waals surface area (Å²) in [6.07, 6.45) is 2.34. The van der Waals surface area contributed by atoms with Crippen molar-refractivity contribution in [2.24, 2.45) is 0 Å². The van der Waals surface area contributed by atoms with E-state index in [1.165, 1.54) is 0 Å². The third-order valence-electron chi connectivity index (χ3n) is 3.92. The van der Waals surface area contributed by atoms with E-state index in [4.69, 9.17) is 30.4 Å². The second kappa shape index (κ2) is 6.46. The van der Waals surface area contributed by atoms with Gasteiger partial charge < -0.3 is 24.1 Å². The van der Waals surface area contributed by atoms with Crippen molar-refractivity contribution < 1.29 is 23.6 Å². The Balaban J connectivity index is 1.76. The summed E-state index contributed by atoms with van der Waals surface area (Å²) in [6.45, 7) is 8.03. The molecule has 24 heavy (non-hydrogen) atoms. The fraction of sp³-hybridized carbons (Fsp3) is 0.562. The van der Waals surface area contributed by atoms with Gasteiger partial charge >= 0.3 is 13.2 Å². The zero-order valence-corrected chi connectivity index (χ0v) is 15.0. The summed E-state index contributed by atoms with van der Waals surface area (Å²) in [7, 11) is -0.496. The lowest BCUT2D eigenvalue weighted by atomic mass is 9.70. The third kappa shape index (κ3) is 3.48. The zero-order valence-electron chi connectivity index (χ0n) is 14.2. The number of carbonyl (C=O) groups excluding carboxylic acids is 1. The first-order valence-electron chi connectivity index (χ1n) is 7.95. The molecule has 6 nitrogen and oxygen atoms in total. The maximum atomic E-state index is 11.8. The first kappa shape index (κ1) is 17.4. The molecule has 3 rings (SSSR count). The molecule has 2 atom stereocenters. The van der Waals surface area contributed by atoms with Crippen molar-refractivity contribution in [3.63, 3.8) is 0 Å². The average Bonchev–Trinajstić information content (AvgIpc) is 2.67. The van der Waals surface area contributed by atoms with E-state index in [0.717, 1.165) is 16.6 Å². The molecule has 0 bridgehead atoms. The Morgan fingerprint density at radius 1 is 1.46 bits per heavy atom. The van der Waals surface area contributed by atoms with Gasteiger partial charge in [0.25, 0.3) is 0 Å². The summed E-state index contributed by atoms with van der Waals surface area (Å²) in [4.78, 5) is 11.8. The predicted molar refractivity (Wildman–Crippen MR) is 90.4 cm³/mol. The number of hydrogen-bond donors (Lipinski definition) is 1. The number of allylic oxidation sites excluding steroid dienone is 3. The average molecular weight is 354 g/mol. The van der Waals surface area contributed by atoms with Crippen LogP contribution in [-0.2, 0) is 18.8 Å². The first-order valence-corrected chi connectivity index (χ1v) is 8.33. The quantitative estimate of drug-likeness (QED) is 0.773. The van der Waals surface area contributed by atoms with Crippen molar-refractivity contribution in [3.8, 4) is 0 Å². The Morgan fingerprint density at radius 3 is 2.92 bits per heavy atom. The van der Waals surface area contributed by atoms with E-state index < -0.39 is 24.9 Å². The number of alkyl carbamates (subject to hydrolysis) is 1. The molecule has 3 aliphatic heterocycles. The maximum Gasteiger partial charge on any atom is 0.495 e. The number of ether oxygens (including phenoxy) is 2. The fourth-order valence-electron chi connectivity index (χ4n) is 2.86. The smallest absolute Gasteiger partial charge is 0.495 e. The van der Waals surface area contributed by atoms with Crippen LogP contribution in [0, 0.1) is 0 Å². The standard InChI is InChI=1S/C16H21BClNO5/c1-9-11-8-21-6-5-10-13(11)17(23-9)24-12(14(10)18)7-19-15(20)22-16(2,3)4/h5-6,9,12H,7-8H2,1-4H3,(H,19,20). The SMILES string of the molecule is CC1OB2OC(CNC(=O)OC(C)(C)C)C(Cl)=C3C=COCC1=C23. The number of halogens is 1. The van der Waals surface area contributed by atoms with Gasteiger partial charge in [0.1, 0.15) is 12.2 Å². The molecule has 2 unspecified atom stereocenters. The number of amides is 1. The normalized spacial score (nSPS) is 26.1. The van der Waals surface area contributed by atoms with Gasteiger partial charge in [-0.05, 0) is 50.4 Å². The molecular weight excluding hydrogens is 332 g/mol. The summed E-state index contributed by atoms with van der Waals surface area (Å²) in [5.74, 6) is 0. The molecular formula is C16H21BClNO5. The highest BCUT2D eigenvalue weighted by molar-refractivity contribution is 6.58. The van der Waals surface area contributed by atoms with Crippen LogP contribution in [0.25, 0.3) is 0 Å². The van der Waals surface area contributed by atoms with Crippen molar-refractivity contribution in [1.29, 1.82) is 0 Å². The minimum atomic E-state index is -0.560. The summed E-state index contributed by atoms with van der Waals surface area (Å²) in [5, 5.41) is 3.21. The topological polar surface area (TPSA) is 66.0 Å². The Kier molecular flexibility index (Phi) is 4.68. The number of rotatable bonds is 2. The van der Waals surface area contributed by atoms with Gasteiger partial charge in [-0.15, -0.1) is 0 Å². The van der Waals surface area contributed by atoms with Gasteiger partial charge in [0, 0.05) is 0 Å². The largest absolute Gasteiger partial charge is 0.497 e. The van der Waals surface area contributed by atoms with Crippen LogP contribution in [-0.4, -0.2) is 44.2 Å². The molecule has 8 heteroatoms. The Bertz CT molecular complexity index is 637. The molecule has 0 spiro atoms. The monoisotopic (exact) mass is 353 g/mol. The Hall–Kier alpha value is -1.44. The molecule has 0 aromatic rings. The summed E-state index contributed by atoms with van der Waals surface area (Å²) < 4.78 is 22.5. The van der Waals surface area contributed by atoms with E-state index in [1.54, 1.807) is 27.0 Å². The van der Waals surface area contributed by atoms with Gasteiger partial charge in [-0.2, -0.15) is 0 Å². The Labute approximate surface area is 146 Å². The third-order valence-corrected chi connectivity index (χ3v) is 4.37. The molecule has 3 aliphatic rings. The van der Waals surface area contributed by atoms with Gasteiger partial charge in [-0.1, -0.05) is 11.6 Å². The predicted octanol–water partition coefficient (Wildman–Crippen LogP) is 2.69. The first-order chi connectivity index (χ1) is 11.3. The second-order valence-electron chi connectivity index (χ2n) is 6.93. The van der Waals surface area contributed by atoms with Crippen LogP contribution in [0.4, 0.5) is 4.79 Å². The molecule has 0 radical (unpaired) electrons. The van der Waals surface area contributed by atoms with E-state index >= 15 is 0 Å². The minimum Gasteiger partial charge on any atom is -0.497 e. The van der Waals surface area contributed by atoms with E-state index in [1.807, 2.05) is 13.0 Å². The molecule has 0 saturated carbocycles. The van der Waals surface area contributed by atoms with Crippen molar-refractivity contribution in [2.45, 2.75) is 45.5 Å². The number of nitrogens with one attached hydrogen (secondary N) is 1. The lowest BCUT2D eigenvalue weighted by molar-refractivity contribution is 0.0500. The van der Waals surface area contributed by atoms with Crippen molar-refractivity contribution >= 4 is 24.8 Å². The highest BCUT2D eigenvalue weighted by Gasteiger charge is 2.46. The molecule has 0 aliphatic carbocycles. The maximum absolute atomic E-state index is 11.8. The van der Waals surface area contributed by atoms with Crippen LogP contribution < -0.4 is 5.32 Å². The highest BCUT2D eigenvalue weighted by Crippen LogP contribution is 2.40. The van der Waals surface area contributed by atoms with E-state index in [2.05, 4.69) is 5.32 Å². The molecule has 1 amide bonds. The van der Waals surface area contributed by atoms with Gasteiger partial charge in [-0.25, -0.2) is 4.79 Å². The van der Waals surface area contributed by atoms with Crippen LogP contribution in [0.2, 0.25) is 0 Å². The molecule has 130 valence electrons. The highest BCUT2D eigenvalue weighted by atomic mass is 35.5. The molecule has 1 N–H and O–H groups in total. The van der Waals surface area contributed by atoms with Crippen molar-refractivity contribution in [3.05, 3.63) is 34.0 Å². The second-order valence-corrected chi connectivity index (χ2v) is 7.34. The Morgan fingerprint density at radius 2 is 2.21 bits per heavy atom. The van der Waals surface area contributed by atoms with Crippen LogP contribution in [0.3, 0.4) is 0 Å². The lowest BCUT2D eigenvalue weighted by Gasteiger charge is -2.29. The van der Waals surface area contributed by atoms with Crippen LogP contribution in [0.1, 0.15) is 27.7 Å². The van der Waals surface area contributed by atoms with Crippen LogP contribution >= 0.6 is 11.6 Å². The minimum absolute atomic E-state index is 0.0954. The number of carbonyl (C=O) groups is 1. The number of hydrogen-bond acceptors (Lipinski definition) is 5. The van der Waals surface area contributed by atoms with Crippen molar-refractivity contribution in [1.82, 2.24) is 5.32 Å². The molecule has 3 heterocycles. The van der Waals surface area contributed by atoms with Gasteiger partial charge in [-0.3, -0.25) is 0 Å². The zero-order chi connectivity index (χ0) is 17.5. The summed E-state index contributed by atoms with van der Waals surface area (Å²) in [5.41, 5.74) is 2.27. The van der Waals surface area contributed by atoms with E-state index in [0.29, 0.717) is 11.6 Å².